The van der Waals surface area contributed by atoms with Gasteiger partial charge >= 0.3 is 5.97 Å². The molecule has 0 saturated carbocycles. The number of aliphatic carboxylic acids is 1. The van der Waals surface area contributed by atoms with Crippen molar-refractivity contribution in [1.29, 1.82) is 0 Å². The van der Waals surface area contributed by atoms with Gasteiger partial charge in [-0.25, -0.2) is 0 Å². The first-order valence-electron chi connectivity index (χ1n) is 6.88. The Morgan fingerprint density at radius 3 is 3.05 bits per heavy atom. The summed E-state index contributed by atoms with van der Waals surface area (Å²) in [7, 11) is 1.63. The van der Waals surface area contributed by atoms with Crippen LogP contribution in [-0.4, -0.2) is 48.8 Å². The van der Waals surface area contributed by atoms with Gasteiger partial charge in [-0.2, -0.15) is 0 Å². The fraction of sp³-hybridized carbons (Fsp3) is 0.533. The van der Waals surface area contributed by atoms with Gasteiger partial charge < -0.3 is 14.6 Å². The lowest BCUT2D eigenvalue weighted by atomic mass is 10.1. The normalized spacial score (nSPS) is 21.4. The Hall–Kier alpha value is -1.59. The lowest BCUT2D eigenvalue weighted by Gasteiger charge is -2.36. The van der Waals surface area contributed by atoms with Crippen LogP contribution in [0.15, 0.2) is 24.3 Å². The number of carbonyl (C=O) groups is 1. The monoisotopic (exact) mass is 279 g/mol. The van der Waals surface area contributed by atoms with E-state index in [4.69, 9.17) is 9.47 Å². The van der Waals surface area contributed by atoms with Crippen LogP contribution < -0.4 is 4.74 Å². The van der Waals surface area contributed by atoms with Crippen molar-refractivity contribution in [2.24, 2.45) is 0 Å². The SMILES string of the molecule is CCC(C(=O)O)N1CCOC(c2cccc(OC)c2)C1. The molecule has 2 rings (SSSR count). The molecule has 1 saturated heterocycles. The first kappa shape index (κ1) is 14.8. The summed E-state index contributed by atoms with van der Waals surface area (Å²) in [5, 5.41) is 9.26. The maximum atomic E-state index is 11.3. The van der Waals surface area contributed by atoms with E-state index in [-0.39, 0.29) is 6.10 Å². The average molecular weight is 279 g/mol. The van der Waals surface area contributed by atoms with E-state index in [1.165, 1.54) is 0 Å². The zero-order valence-corrected chi connectivity index (χ0v) is 11.9. The summed E-state index contributed by atoms with van der Waals surface area (Å²) >= 11 is 0. The van der Waals surface area contributed by atoms with Crippen LogP contribution in [0.3, 0.4) is 0 Å². The third-order valence-corrected chi connectivity index (χ3v) is 3.68. The molecular weight excluding hydrogens is 258 g/mol. The van der Waals surface area contributed by atoms with Crippen LogP contribution >= 0.6 is 0 Å². The van der Waals surface area contributed by atoms with Gasteiger partial charge in [-0.1, -0.05) is 19.1 Å². The zero-order chi connectivity index (χ0) is 14.5. The van der Waals surface area contributed by atoms with E-state index in [1.54, 1.807) is 7.11 Å². The molecule has 2 unspecified atom stereocenters. The number of methoxy groups -OCH3 is 1. The molecule has 0 aliphatic carbocycles. The van der Waals surface area contributed by atoms with E-state index in [1.807, 2.05) is 36.1 Å². The van der Waals surface area contributed by atoms with E-state index in [0.29, 0.717) is 26.1 Å². The van der Waals surface area contributed by atoms with E-state index >= 15 is 0 Å². The summed E-state index contributed by atoms with van der Waals surface area (Å²) in [5.74, 6) is 0.0206. The molecule has 5 nitrogen and oxygen atoms in total. The molecule has 0 radical (unpaired) electrons. The number of benzene rings is 1. The summed E-state index contributed by atoms with van der Waals surface area (Å²) < 4.78 is 11.0. The van der Waals surface area contributed by atoms with Crippen LogP contribution in [-0.2, 0) is 9.53 Å². The fourth-order valence-corrected chi connectivity index (χ4v) is 2.58. The van der Waals surface area contributed by atoms with Gasteiger partial charge in [-0.3, -0.25) is 9.69 Å². The summed E-state index contributed by atoms with van der Waals surface area (Å²) in [5.41, 5.74) is 1.02. The summed E-state index contributed by atoms with van der Waals surface area (Å²) in [4.78, 5) is 13.3. The highest BCUT2D eigenvalue weighted by atomic mass is 16.5. The van der Waals surface area contributed by atoms with Crippen molar-refractivity contribution < 1.29 is 19.4 Å². The van der Waals surface area contributed by atoms with Crippen LogP contribution in [0.5, 0.6) is 5.75 Å². The third-order valence-electron chi connectivity index (χ3n) is 3.68. The van der Waals surface area contributed by atoms with Gasteiger partial charge in [0, 0.05) is 13.1 Å². The van der Waals surface area contributed by atoms with Crippen molar-refractivity contribution in [3.63, 3.8) is 0 Å². The van der Waals surface area contributed by atoms with Gasteiger partial charge in [0.05, 0.1) is 19.8 Å². The number of carboxylic acids is 1. The minimum absolute atomic E-state index is 0.104. The average Bonchev–Trinajstić information content (AvgIpc) is 2.48. The largest absolute Gasteiger partial charge is 0.497 e. The summed E-state index contributed by atoms with van der Waals surface area (Å²) in [6.07, 6.45) is 0.493. The van der Waals surface area contributed by atoms with Crippen molar-refractivity contribution in [2.45, 2.75) is 25.5 Å². The van der Waals surface area contributed by atoms with Gasteiger partial charge in [0.15, 0.2) is 0 Å². The number of hydrogen-bond acceptors (Lipinski definition) is 4. The zero-order valence-electron chi connectivity index (χ0n) is 11.9. The molecule has 0 spiro atoms. The van der Waals surface area contributed by atoms with Gasteiger partial charge in [0.2, 0.25) is 0 Å². The number of morpholine rings is 1. The number of ether oxygens (including phenoxy) is 2. The first-order valence-corrected chi connectivity index (χ1v) is 6.88. The third kappa shape index (κ3) is 3.29. The van der Waals surface area contributed by atoms with Crippen LogP contribution in [0.2, 0.25) is 0 Å². The lowest BCUT2D eigenvalue weighted by Crippen LogP contribution is -2.48. The molecule has 1 heterocycles. The quantitative estimate of drug-likeness (QED) is 0.892. The molecule has 2 atom stereocenters. The Kier molecular flexibility index (Phi) is 4.98. The van der Waals surface area contributed by atoms with E-state index in [0.717, 1.165) is 11.3 Å². The van der Waals surface area contributed by atoms with Crippen LogP contribution in [0.4, 0.5) is 0 Å². The molecule has 5 heteroatoms. The molecule has 1 aromatic carbocycles. The van der Waals surface area contributed by atoms with Crippen molar-refractivity contribution in [1.82, 2.24) is 4.90 Å². The maximum Gasteiger partial charge on any atom is 0.320 e. The van der Waals surface area contributed by atoms with Gasteiger partial charge in [0.1, 0.15) is 11.8 Å². The lowest BCUT2D eigenvalue weighted by molar-refractivity contribution is -0.147. The molecule has 1 aliphatic rings. The standard InChI is InChI=1S/C15H21NO4/c1-3-13(15(17)18)16-7-8-20-14(10-16)11-5-4-6-12(9-11)19-2/h4-6,9,13-14H,3,7-8,10H2,1-2H3,(H,17,18). The van der Waals surface area contributed by atoms with Gasteiger partial charge in [-0.15, -0.1) is 0 Å². The summed E-state index contributed by atoms with van der Waals surface area (Å²) in [6.45, 7) is 3.70. The molecule has 0 amide bonds. The Balaban J connectivity index is 2.11. The highest BCUT2D eigenvalue weighted by molar-refractivity contribution is 5.73. The molecule has 110 valence electrons. The second-order valence-corrected chi connectivity index (χ2v) is 4.89. The Morgan fingerprint density at radius 2 is 2.40 bits per heavy atom. The molecule has 20 heavy (non-hydrogen) atoms. The molecule has 0 aromatic heterocycles. The van der Waals surface area contributed by atoms with Crippen molar-refractivity contribution in [3.05, 3.63) is 29.8 Å². The Morgan fingerprint density at radius 1 is 1.60 bits per heavy atom. The first-order chi connectivity index (χ1) is 9.65. The van der Waals surface area contributed by atoms with Crippen LogP contribution in [0.25, 0.3) is 0 Å². The fourth-order valence-electron chi connectivity index (χ4n) is 2.58. The molecule has 1 N–H and O–H groups in total. The second-order valence-electron chi connectivity index (χ2n) is 4.89. The minimum Gasteiger partial charge on any atom is -0.497 e. The number of hydrogen-bond donors (Lipinski definition) is 1. The van der Waals surface area contributed by atoms with Gasteiger partial charge in [0.25, 0.3) is 0 Å². The van der Waals surface area contributed by atoms with Crippen LogP contribution in [0, 0.1) is 0 Å². The number of carboxylic acid groups (broad SMARTS) is 1. The minimum atomic E-state index is -0.765. The molecule has 1 aromatic rings. The van der Waals surface area contributed by atoms with E-state index in [2.05, 4.69) is 0 Å². The Labute approximate surface area is 119 Å². The predicted molar refractivity (Wildman–Crippen MR) is 75.0 cm³/mol. The van der Waals surface area contributed by atoms with Crippen molar-refractivity contribution in [3.8, 4) is 5.75 Å². The van der Waals surface area contributed by atoms with Crippen molar-refractivity contribution >= 4 is 5.97 Å². The smallest absolute Gasteiger partial charge is 0.320 e. The highest BCUT2D eigenvalue weighted by Crippen LogP contribution is 2.26. The summed E-state index contributed by atoms with van der Waals surface area (Å²) in [6, 6.07) is 7.29. The maximum absolute atomic E-state index is 11.3. The molecule has 1 aliphatic heterocycles. The highest BCUT2D eigenvalue weighted by Gasteiger charge is 2.30. The number of nitrogens with zero attached hydrogens (tertiary/aromatic N) is 1. The molecular formula is C15H21NO4. The predicted octanol–water partition coefficient (Wildman–Crippen LogP) is 1.93. The van der Waals surface area contributed by atoms with E-state index in [9.17, 15) is 9.90 Å². The topological polar surface area (TPSA) is 59.0 Å². The second kappa shape index (κ2) is 6.72. The number of rotatable bonds is 5. The Bertz CT molecular complexity index is 463. The molecule has 0 bridgehead atoms. The molecule has 1 fully saturated rings. The van der Waals surface area contributed by atoms with Crippen molar-refractivity contribution in [2.75, 3.05) is 26.8 Å². The van der Waals surface area contributed by atoms with Crippen LogP contribution in [0.1, 0.15) is 25.0 Å². The van der Waals surface area contributed by atoms with Gasteiger partial charge in [-0.05, 0) is 24.1 Å². The van der Waals surface area contributed by atoms with E-state index < -0.39 is 12.0 Å².